The van der Waals surface area contributed by atoms with Crippen molar-refractivity contribution >= 4 is 11.0 Å². The molecule has 1 aromatic heterocycles. The van der Waals surface area contributed by atoms with E-state index in [2.05, 4.69) is 17.7 Å². The van der Waals surface area contributed by atoms with Crippen molar-refractivity contribution < 1.29 is 0 Å². The van der Waals surface area contributed by atoms with Crippen molar-refractivity contribution in [3.63, 3.8) is 0 Å². The van der Waals surface area contributed by atoms with Crippen molar-refractivity contribution in [2.45, 2.75) is 31.6 Å². The SMILES string of the molecule is Cn1c(C2CC3CCC2C3)nc2cc(C#N)ccc21. The lowest BCUT2D eigenvalue weighted by atomic mass is 9.88. The van der Waals surface area contributed by atoms with Gasteiger partial charge >= 0.3 is 0 Å². The van der Waals surface area contributed by atoms with E-state index in [1.807, 2.05) is 18.2 Å². The Labute approximate surface area is 112 Å². The Hall–Kier alpha value is -1.82. The van der Waals surface area contributed by atoms with Crippen LogP contribution in [0.5, 0.6) is 0 Å². The first kappa shape index (κ1) is 11.0. The zero-order valence-electron chi connectivity index (χ0n) is 11.1. The minimum atomic E-state index is 0.640. The second-order valence-corrected chi connectivity index (χ2v) is 6.13. The molecule has 3 unspecified atom stereocenters. The predicted octanol–water partition coefficient (Wildman–Crippen LogP) is 3.35. The van der Waals surface area contributed by atoms with Crippen LogP contribution in [0.15, 0.2) is 18.2 Å². The van der Waals surface area contributed by atoms with Crippen LogP contribution >= 0.6 is 0 Å². The first-order chi connectivity index (χ1) is 9.26. The summed E-state index contributed by atoms with van der Waals surface area (Å²) in [5, 5.41) is 8.99. The molecular formula is C16H17N3. The topological polar surface area (TPSA) is 41.6 Å². The maximum atomic E-state index is 8.99. The lowest BCUT2D eigenvalue weighted by Crippen LogP contribution is -2.13. The molecule has 3 atom stereocenters. The zero-order chi connectivity index (χ0) is 13.0. The number of nitriles is 1. The van der Waals surface area contributed by atoms with E-state index < -0.39 is 0 Å². The highest BCUT2D eigenvalue weighted by Gasteiger charge is 2.42. The molecule has 2 aliphatic rings. The summed E-state index contributed by atoms with van der Waals surface area (Å²) in [6, 6.07) is 8.01. The van der Waals surface area contributed by atoms with Gasteiger partial charge < -0.3 is 4.57 Å². The van der Waals surface area contributed by atoms with Gasteiger partial charge in [0.1, 0.15) is 5.82 Å². The van der Waals surface area contributed by atoms with Gasteiger partial charge in [-0.2, -0.15) is 5.26 Å². The maximum absolute atomic E-state index is 8.99. The third kappa shape index (κ3) is 1.53. The molecule has 1 heterocycles. The molecule has 0 N–H and O–H groups in total. The highest BCUT2D eigenvalue weighted by atomic mass is 15.1. The predicted molar refractivity (Wildman–Crippen MR) is 73.6 cm³/mol. The molecular weight excluding hydrogens is 234 g/mol. The van der Waals surface area contributed by atoms with Crippen LogP contribution in [0.3, 0.4) is 0 Å². The number of imidazole rings is 1. The number of aryl methyl sites for hydroxylation is 1. The van der Waals surface area contributed by atoms with Crippen molar-refractivity contribution in [3.05, 3.63) is 29.6 Å². The molecule has 0 radical (unpaired) electrons. The van der Waals surface area contributed by atoms with Gasteiger partial charge in [0.25, 0.3) is 0 Å². The fraction of sp³-hybridized carbons (Fsp3) is 0.500. The fourth-order valence-electron chi connectivity index (χ4n) is 4.18. The van der Waals surface area contributed by atoms with Crippen LogP contribution in [-0.2, 0) is 7.05 Å². The summed E-state index contributed by atoms with van der Waals surface area (Å²) in [4.78, 5) is 4.83. The molecule has 0 spiro atoms. The molecule has 2 bridgehead atoms. The van der Waals surface area contributed by atoms with Crippen LogP contribution in [0.1, 0.15) is 43.0 Å². The lowest BCUT2D eigenvalue weighted by molar-refractivity contribution is 0.400. The average molecular weight is 251 g/mol. The molecule has 0 aliphatic heterocycles. The summed E-state index contributed by atoms with van der Waals surface area (Å²) in [6.07, 6.45) is 5.51. The van der Waals surface area contributed by atoms with E-state index in [0.717, 1.165) is 22.9 Å². The number of hydrogen-bond acceptors (Lipinski definition) is 2. The third-order valence-corrected chi connectivity index (χ3v) is 5.11. The normalized spacial score (nSPS) is 28.9. The van der Waals surface area contributed by atoms with E-state index in [0.29, 0.717) is 11.5 Å². The monoisotopic (exact) mass is 251 g/mol. The largest absolute Gasteiger partial charge is 0.331 e. The maximum Gasteiger partial charge on any atom is 0.113 e. The highest BCUT2D eigenvalue weighted by molar-refractivity contribution is 5.77. The Balaban J connectivity index is 1.82. The highest BCUT2D eigenvalue weighted by Crippen LogP contribution is 2.52. The minimum Gasteiger partial charge on any atom is -0.331 e. The molecule has 0 amide bonds. The summed E-state index contributed by atoms with van der Waals surface area (Å²) in [6.45, 7) is 0. The number of benzene rings is 1. The standard InChI is InChI=1S/C16H17N3/c1-19-15-5-3-11(9-17)8-14(15)18-16(19)13-7-10-2-4-12(13)6-10/h3,5,8,10,12-13H,2,4,6-7H2,1H3. The van der Waals surface area contributed by atoms with E-state index in [1.54, 1.807) is 0 Å². The van der Waals surface area contributed by atoms with Crippen LogP contribution < -0.4 is 0 Å². The zero-order valence-corrected chi connectivity index (χ0v) is 11.1. The van der Waals surface area contributed by atoms with Crippen LogP contribution in [0, 0.1) is 23.2 Å². The van der Waals surface area contributed by atoms with Gasteiger partial charge in [-0.1, -0.05) is 6.42 Å². The minimum absolute atomic E-state index is 0.640. The van der Waals surface area contributed by atoms with Gasteiger partial charge in [0.15, 0.2) is 0 Å². The summed E-state index contributed by atoms with van der Waals surface area (Å²) in [7, 11) is 2.11. The van der Waals surface area contributed by atoms with Crippen molar-refractivity contribution in [3.8, 4) is 6.07 Å². The van der Waals surface area contributed by atoms with E-state index in [-0.39, 0.29) is 0 Å². The van der Waals surface area contributed by atoms with Gasteiger partial charge in [0, 0.05) is 13.0 Å². The quantitative estimate of drug-likeness (QED) is 0.780. The summed E-state index contributed by atoms with van der Waals surface area (Å²) in [5.41, 5.74) is 2.82. The molecule has 1 aromatic carbocycles. The molecule has 2 aliphatic carbocycles. The van der Waals surface area contributed by atoms with E-state index in [1.165, 1.54) is 31.5 Å². The molecule has 0 saturated heterocycles. The van der Waals surface area contributed by atoms with E-state index in [4.69, 9.17) is 10.2 Å². The molecule has 3 heteroatoms. The van der Waals surface area contributed by atoms with E-state index in [9.17, 15) is 0 Å². The average Bonchev–Trinajstić information content (AvgIpc) is 3.12. The summed E-state index contributed by atoms with van der Waals surface area (Å²) < 4.78 is 2.24. The van der Waals surface area contributed by atoms with Gasteiger partial charge in [-0.05, 0) is 49.3 Å². The second-order valence-electron chi connectivity index (χ2n) is 6.13. The molecule has 2 saturated carbocycles. The smallest absolute Gasteiger partial charge is 0.113 e. The lowest BCUT2D eigenvalue weighted by Gasteiger charge is -2.21. The summed E-state index contributed by atoms with van der Waals surface area (Å²) >= 11 is 0. The molecule has 2 fully saturated rings. The van der Waals surface area contributed by atoms with Crippen molar-refractivity contribution in [1.82, 2.24) is 9.55 Å². The Morgan fingerprint density at radius 2 is 2.21 bits per heavy atom. The number of fused-ring (bicyclic) bond motifs is 3. The second kappa shape index (κ2) is 3.84. The van der Waals surface area contributed by atoms with Gasteiger partial charge in [-0.15, -0.1) is 0 Å². The fourth-order valence-corrected chi connectivity index (χ4v) is 4.18. The van der Waals surface area contributed by atoms with E-state index >= 15 is 0 Å². The number of aromatic nitrogens is 2. The Morgan fingerprint density at radius 3 is 2.89 bits per heavy atom. The van der Waals surface area contributed by atoms with Crippen LogP contribution in [-0.4, -0.2) is 9.55 Å². The Bertz CT molecular complexity index is 692. The number of hydrogen-bond donors (Lipinski definition) is 0. The first-order valence-electron chi connectivity index (χ1n) is 7.12. The Morgan fingerprint density at radius 1 is 1.32 bits per heavy atom. The van der Waals surface area contributed by atoms with Crippen molar-refractivity contribution in [1.29, 1.82) is 5.26 Å². The molecule has 19 heavy (non-hydrogen) atoms. The Kier molecular flexibility index (Phi) is 2.23. The van der Waals surface area contributed by atoms with Gasteiger partial charge in [-0.25, -0.2) is 4.98 Å². The van der Waals surface area contributed by atoms with Gasteiger partial charge in [0.2, 0.25) is 0 Å². The van der Waals surface area contributed by atoms with Gasteiger partial charge in [0.05, 0.1) is 22.7 Å². The van der Waals surface area contributed by atoms with Crippen LogP contribution in [0.4, 0.5) is 0 Å². The molecule has 3 nitrogen and oxygen atoms in total. The molecule has 2 aromatic rings. The molecule has 96 valence electrons. The first-order valence-corrected chi connectivity index (χ1v) is 7.12. The summed E-state index contributed by atoms with van der Waals surface area (Å²) in [5.74, 6) is 3.65. The number of nitrogens with zero attached hydrogens (tertiary/aromatic N) is 3. The number of rotatable bonds is 1. The van der Waals surface area contributed by atoms with Crippen LogP contribution in [0.2, 0.25) is 0 Å². The third-order valence-electron chi connectivity index (χ3n) is 5.11. The molecule has 4 rings (SSSR count). The van der Waals surface area contributed by atoms with Crippen molar-refractivity contribution in [2.24, 2.45) is 18.9 Å². The van der Waals surface area contributed by atoms with Crippen molar-refractivity contribution in [2.75, 3.05) is 0 Å². The van der Waals surface area contributed by atoms with Crippen LogP contribution in [0.25, 0.3) is 11.0 Å². The van der Waals surface area contributed by atoms with Gasteiger partial charge in [-0.3, -0.25) is 0 Å².